The summed E-state index contributed by atoms with van der Waals surface area (Å²) in [7, 11) is 0. The molecule has 1 aliphatic carbocycles. The van der Waals surface area contributed by atoms with E-state index >= 15 is 0 Å². The molecule has 4 atom stereocenters. The van der Waals surface area contributed by atoms with Crippen molar-refractivity contribution in [2.45, 2.75) is 58.7 Å². The van der Waals surface area contributed by atoms with Gasteiger partial charge < -0.3 is 9.84 Å². The monoisotopic (exact) mass is 262 g/mol. The molecule has 1 aliphatic rings. The number of rotatable bonds is 4. The van der Waals surface area contributed by atoms with Crippen molar-refractivity contribution in [1.82, 2.24) is 0 Å². The summed E-state index contributed by atoms with van der Waals surface area (Å²) in [6.45, 7) is 6.64. The first-order valence-electron chi connectivity index (χ1n) is 7.54. The van der Waals surface area contributed by atoms with Gasteiger partial charge in [-0.2, -0.15) is 0 Å². The Morgan fingerprint density at radius 2 is 1.84 bits per heavy atom. The van der Waals surface area contributed by atoms with Crippen molar-refractivity contribution >= 4 is 0 Å². The van der Waals surface area contributed by atoms with Gasteiger partial charge in [-0.3, -0.25) is 0 Å². The number of aliphatic hydroxyl groups is 1. The Morgan fingerprint density at radius 1 is 1.16 bits per heavy atom. The Labute approximate surface area is 116 Å². The van der Waals surface area contributed by atoms with Gasteiger partial charge in [0.25, 0.3) is 0 Å². The van der Waals surface area contributed by atoms with Crippen LogP contribution in [-0.2, 0) is 0 Å². The molecule has 2 rings (SSSR count). The highest BCUT2D eigenvalue weighted by Crippen LogP contribution is 2.32. The fourth-order valence-electron chi connectivity index (χ4n) is 2.80. The van der Waals surface area contributed by atoms with Crippen LogP contribution in [0.25, 0.3) is 0 Å². The van der Waals surface area contributed by atoms with Crippen LogP contribution in [-0.4, -0.2) is 11.2 Å². The van der Waals surface area contributed by atoms with Crippen LogP contribution in [0.5, 0.6) is 5.75 Å². The van der Waals surface area contributed by atoms with Crippen molar-refractivity contribution in [3.63, 3.8) is 0 Å². The normalized spacial score (nSPS) is 28.9. The van der Waals surface area contributed by atoms with E-state index in [2.05, 4.69) is 13.8 Å². The molecule has 0 saturated heterocycles. The molecular weight excluding hydrogens is 236 g/mol. The third kappa shape index (κ3) is 3.73. The Morgan fingerprint density at radius 3 is 2.42 bits per heavy atom. The van der Waals surface area contributed by atoms with E-state index in [-0.39, 0.29) is 6.10 Å². The van der Waals surface area contributed by atoms with Gasteiger partial charge >= 0.3 is 0 Å². The number of aliphatic hydroxyl groups excluding tert-OH is 1. The molecule has 1 N–H and O–H groups in total. The quantitative estimate of drug-likeness (QED) is 0.875. The van der Waals surface area contributed by atoms with E-state index < -0.39 is 0 Å². The van der Waals surface area contributed by atoms with Gasteiger partial charge in [-0.05, 0) is 55.2 Å². The van der Waals surface area contributed by atoms with Gasteiger partial charge in [-0.15, -0.1) is 0 Å². The van der Waals surface area contributed by atoms with Crippen molar-refractivity contribution in [3.8, 4) is 5.75 Å². The second kappa shape index (κ2) is 6.42. The molecule has 1 fully saturated rings. The van der Waals surface area contributed by atoms with Crippen LogP contribution in [0, 0.1) is 11.8 Å². The summed E-state index contributed by atoms with van der Waals surface area (Å²) in [5.74, 6) is 2.50. The summed E-state index contributed by atoms with van der Waals surface area (Å²) in [5.41, 5.74) is 0.973. The van der Waals surface area contributed by atoms with E-state index in [0.717, 1.165) is 42.4 Å². The van der Waals surface area contributed by atoms with Gasteiger partial charge in [0.15, 0.2) is 0 Å². The first-order chi connectivity index (χ1) is 9.10. The molecule has 19 heavy (non-hydrogen) atoms. The average Bonchev–Trinajstić information content (AvgIpc) is 2.43. The lowest BCUT2D eigenvalue weighted by molar-refractivity contribution is 0.100. The Bertz CT molecular complexity index is 385. The zero-order chi connectivity index (χ0) is 13.8. The Kier molecular flexibility index (Phi) is 4.87. The summed E-state index contributed by atoms with van der Waals surface area (Å²) in [4.78, 5) is 0. The van der Waals surface area contributed by atoms with Gasteiger partial charge in [-0.1, -0.05) is 32.9 Å². The molecule has 0 bridgehead atoms. The van der Waals surface area contributed by atoms with Gasteiger partial charge in [0.2, 0.25) is 0 Å². The number of ether oxygens (including phenoxy) is 1. The van der Waals surface area contributed by atoms with Gasteiger partial charge in [0.05, 0.1) is 12.2 Å². The predicted molar refractivity (Wildman–Crippen MR) is 78.3 cm³/mol. The minimum Gasteiger partial charge on any atom is -0.490 e. The molecule has 1 aromatic rings. The zero-order valence-corrected chi connectivity index (χ0v) is 12.3. The lowest BCUT2D eigenvalue weighted by Gasteiger charge is -2.32. The molecule has 0 aromatic heterocycles. The highest BCUT2D eigenvalue weighted by Gasteiger charge is 2.25. The van der Waals surface area contributed by atoms with Crippen molar-refractivity contribution in [3.05, 3.63) is 29.8 Å². The maximum absolute atomic E-state index is 9.76. The highest BCUT2D eigenvalue weighted by atomic mass is 16.5. The van der Waals surface area contributed by atoms with Gasteiger partial charge in [-0.25, -0.2) is 0 Å². The molecule has 1 saturated carbocycles. The molecule has 0 aliphatic heterocycles. The first-order valence-corrected chi connectivity index (χ1v) is 7.54. The molecule has 3 unspecified atom stereocenters. The van der Waals surface area contributed by atoms with Crippen molar-refractivity contribution in [2.24, 2.45) is 11.8 Å². The molecule has 2 heteroatoms. The summed E-state index contributed by atoms with van der Waals surface area (Å²) in [6.07, 6.45) is 4.32. The molecule has 0 amide bonds. The fraction of sp³-hybridized carbons (Fsp3) is 0.647. The van der Waals surface area contributed by atoms with Crippen molar-refractivity contribution in [1.29, 1.82) is 0 Å². The molecule has 0 heterocycles. The minimum atomic E-state index is -0.357. The largest absolute Gasteiger partial charge is 0.490 e. The van der Waals surface area contributed by atoms with E-state index in [9.17, 15) is 5.11 Å². The Balaban J connectivity index is 1.93. The number of hydrogen-bond acceptors (Lipinski definition) is 2. The van der Waals surface area contributed by atoms with E-state index in [4.69, 9.17) is 4.74 Å². The fourth-order valence-corrected chi connectivity index (χ4v) is 2.80. The third-order valence-electron chi connectivity index (χ3n) is 4.50. The predicted octanol–water partition coefficient (Wildman–Crippen LogP) is 4.33. The average molecular weight is 262 g/mol. The van der Waals surface area contributed by atoms with E-state index in [1.54, 1.807) is 0 Å². The lowest BCUT2D eigenvalue weighted by Crippen LogP contribution is -2.28. The molecular formula is C17H26O2. The minimum absolute atomic E-state index is 0.355. The van der Waals surface area contributed by atoms with Crippen LogP contribution >= 0.6 is 0 Å². The summed E-state index contributed by atoms with van der Waals surface area (Å²) in [5, 5.41) is 9.76. The maximum atomic E-state index is 9.76. The summed E-state index contributed by atoms with van der Waals surface area (Å²) >= 11 is 0. The zero-order valence-electron chi connectivity index (χ0n) is 12.3. The second-order valence-corrected chi connectivity index (χ2v) is 6.00. The Hall–Kier alpha value is -1.02. The first kappa shape index (κ1) is 14.4. The molecule has 106 valence electrons. The molecule has 1 aromatic carbocycles. The maximum Gasteiger partial charge on any atom is 0.119 e. The standard InChI is InChI=1S/C17H26O2/c1-4-17(18)14-6-9-15(10-7-14)19-16-8-5-12(2)13(3)11-16/h6-7,9-10,12-13,16-18H,4-5,8,11H2,1-3H3/t12?,13?,16?,17-/m1/s1. The SMILES string of the molecule is CC[C@@H](O)c1ccc(OC2CCC(C)C(C)C2)cc1. The topological polar surface area (TPSA) is 29.5 Å². The van der Waals surface area contributed by atoms with E-state index in [0.29, 0.717) is 6.10 Å². The number of benzene rings is 1. The van der Waals surface area contributed by atoms with Crippen molar-refractivity contribution in [2.75, 3.05) is 0 Å². The summed E-state index contributed by atoms with van der Waals surface area (Å²) in [6, 6.07) is 7.91. The van der Waals surface area contributed by atoms with Crippen molar-refractivity contribution < 1.29 is 9.84 Å². The van der Waals surface area contributed by atoms with Crippen LogP contribution < -0.4 is 4.74 Å². The smallest absolute Gasteiger partial charge is 0.119 e. The highest BCUT2D eigenvalue weighted by molar-refractivity contribution is 5.28. The number of hydrogen-bond donors (Lipinski definition) is 1. The van der Waals surface area contributed by atoms with E-state index in [1.807, 2.05) is 31.2 Å². The lowest BCUT2D eigenvalue weighted by atomic mass is 9.80. The van der Waals surface area contributed by atoms with Crippen LogP contribution in [0.15, 0.2) is 24.3 Å². The van der Waals surface area contributed by atoms with Gasteiger partial charge in [0.1, 0.15) is 5.75 Å². The molecule has 0 radical (unpaired) electrons. The molecule has 2 nitrogen and oxygen atoms in total. The van der Waals surface area contributed by atoms with Crippen LogP contribution in [0.4, 0.5) is 0 Å². The van der Waals surface area contributed by atoms with Crippen LogP contribution in [0.2, 0.25) is 0 Å². The van der Waals surface area contributed by atoms with E-state index in [1.165, 1.54) is 6.42 Å². The third-order valence-corrected chi connectivity index (χ3v) is 4.50. The van der Waals surface area contributed by atoms with Crippen LogP contribution in [0.1, 0.15) is 58.1 Å². The van der Waals surface area contributed by atoms with Gasteiger partial charge in [0, 0.05) is 0 Å². The van der Waals surface area contributed by atoms with Crippen LogP contribution in [0.3, 0.4) is 0 Å². The second-order valence-electron chi connectivity index (χ2n) is 6.00. The summed E-state index contributed by atoms with van der Waals surface area (Å²) < 4.78 is 6.06. The molecule has 0 spiro atoms.